The van der Waals surface area contributed by atoms with Crippen molar-refractivity contribution in [2.45, 2.75) is 32.5 Å². The van der Waals surface area contributed by atoms with Crippen molar-refractivity contribution >= 4 is 0 Å². The summed E-state index contributed by atoms with van der Waals surface area (Å²) < 4.78 is 9.60. The number of hydrogen-bond donors (Lipinski definition) is 2. The highest BCUT2D eigenvalue weighted by Gasteiger charge is 2.23. The molecule has 2 N–H and O–H groups in total. The largest absolute Gasteiger partial charge is 0.396 e. The van der Waals surface area contributed by atoms with E-state index in [1.165, 1.54) is 0 Å². The van der Waals surface area contributed by atoms with Gasteiger partial charge in [-0.15, -0.1) is 20.2 Å². The lowest BCUT2D eigenvalue weighted by Gasteiger charge is -2.09. The fourth-order valence-corrected chi connectivity index (χ4v) is 1.04. The van der Waals surface area contributed by atoms with Crippen LogP contribution in [0.4, 0.5) is 0 Å². The summed E-state index contributed by atoms with van der Waals surface area (Å²) in [6, 6.07) is 0. The molecular weight excluding hydrogens is 320 g/mol. The third kappa shape index (κ3) is 20.2. The van der Waals surface area contributed by atoms with E-state index in [-0.39, 0.29) is 40.0 Å². The van der Waals surface area contributed by atoms with Gasteiger partial charge in [-0.1, -0.05) is 7.43 Å². The van der Waals surface area contributed by atoms with Gasteiger partial charge in [-0.2, -0.15) is 0 Å². The smallest absolute Gasteiger partial charge is 0.294 e. The highest BCUT2D eigenvalue weighted by molar-refractivity contribution is 4.65. The Bertz CT molecular complexity index is 313. The number of hydrogen-bond acceptors (Lipinski definition) is 10. The van der Waals surface area contributed by atoms with Crippen molar-refractivity contribution in [3.8, 4) is 0 Å². The van der Waals surface area contributed by atoms with Crippen molar-refractivity contribution in [2.24, 2.45) is 0 Å². The molecule has 1 aliphatic rings. The van der Waals surface area contributed by atoms with Gasteiger partial charge in [0.2, 0.25) is 0 Å². The van der Waals surface area contributed by atoms with E-state index < -0.39 is 16.3 Å². The lowest BCUT2D eigenvalue weighted by molar-refractivity contribution is -0.759. The van der Waals surface area contributed by atoms with E-state index in [1.807, 2.05) is 0 Å². The minimum absolute atomic E-state index is 0. The summed E-state index contributed by atoms with van der Waals surface area (Å²) in [5, 5.41) is 34.9. The van der Waals surface area contributed by atoms with E-state index in [2.05, 4.69) is 14.4 Å². The molecule has 12 nitrogen and oxygen atoms in total. The second-order valence-electron chi connectivity index (χ2n) is 4.15. The van der Waals surface area contributed by atoms with E-state index in [0.29, 0.717) is 26.1 Å². The molecule has 0 aromatic rings. The maximum Gasteiger partial charge on any atom is 0.294 e. The van der Waals surface area contributed by atoms with Crippen LogP contribution >= 0.6 is 0 Å². The van der Waals surface area contributed by atoms with Crippen molar-refractivity contribution in [3.05, 3.63) is 20.2 Å². The predicted molar refractivity (Wildman–Crippen MR) is 75.5 cm³/mol. The first-order valence-electron chi connectivity index (χ1n) is 6.48. The molecule has 0 aliphatic carbocycles. The molecule has 1 heterocycles. The first kappa shape index (κ1) is 23.5. The number of aliphatic hydroxyl groups is 2. The number of aliphatic hydroxyl groups excluding tert-OH is 2. The second-order valence-corrected chi connectivity index (χ2v) is 4.15. The van der Waals surface area contributed by atoms with Gasteiger partial charge in [0.25, 0.3) is 10.2 Å². The van der Waals surface area contributed by atoms with Crippen LogP contribution in [0.3, 0.4) is 0 Å². The van der Waals surface area contributed by atoms with Gasteiger partial charge in [0.1, 0.15) is 25.4 Å². The number of nitrogens with zero attached hydrogens (tertiary/aromatic N) is 2. The molecule has 1 saturated heterocycles. The van der Waals surface area contributed by atoms with Crippen LogP contribution in [-0.4, -0.2) is 72.2 Å². The second kappa shape index (κ2) is 15.1. The fraction of sp³-hybridized carbons (Fsp3) is 1.00. The molecule has 138 valence electrons. The molecule has 0 saturated carbocycles. The Morgan fingerprint density at radius 3 is 2.26 bits per heavy atom. The van der Waals surface area contributed by atoms with Crippen molar-refractivity contribution in [1.29, 1.82) is 0 Å². The Morgan fingerprint density at radius 2 is 1.78 bits per heavy atom. The molecule has 1 aliphatic heterocycles. The first-order chi connectivity index (χ1) is 10.5. The predicted octanol–water partition coefficient (Wildman–Crippen LogP) is -0.426. The van der Waals surface area contributed by atoms with Crippen LogP contribution < -0.4 is 0 Å². The van der Waals surface area contributed by atoms with Crippen LogP contribution in [0.15, 0.2) is 0 Å². The number of rotatable bonds is 12. The molecule has 2 atom stereocenters. The standard InChI is InChI=1S/C7H15NO6.C3H5NO4.CH4/c9-3-1-2-4-13-5-7(10)6-14-8(11)12;5-4(6)8-2-3-1-7-3;/h7,9-10H,1-6H2;3H,1-2H2;1H4. The van der Waals surface area contributed by atoms with Gasteiger partial charge in [-0.05, 0) is 12.8 Å². The molecule has 12 heteroatoms. The Balaban J connectivity index is 0. The van der Waals surface area contributed by atoms with Crippen molar-refractivity contribution in [1.82, 2.24) is 0 Å². The molecule has 0 radical (unpaired) electrons. The number of ether oxygens (including phenoxy) is 2. The Labute approximate surface area is 133 Å². The summed E-state index contributed by atoms with van der Waals surface area (Å²) in [4.78, 5) is 27.1. The van der Waals surface area contributed by atoms with Crippen LogP contribution in [0.1, 0.15) is 20.3 Å². The molecule has 0 spiro atoms. The summed E-state index contributed by atoms with van der Waals surface area (Å²) >= 11 is 0. The van der Waals surface area contributed by atoms with Crippen molar-refractivity contribution < 1.29 is 39.5 Å². The fourth-order valence-electron chi connectivity index (χ4n) is 1.04. The summed E-state index contributed by atoms with van der Waals surface area (Å²) in [7, 11) is 0. The third-order valence-corrected chi connectivity index (χ3v) is 2.15. The third-order valence-electron chi connectivity index (χ3n) is 2.15. The SMILES string of the molecule is C.O=[N+]([O-])OCC(O)COCCCCO.O=[N+]([O-])OCC1CO1. The van der Waals surface area contributed by atoms with Crippen LogP contribution in [0, 0.1) is 20.2 Å². The Kier molecular flexibility index (Phi) is 15.5. The molecule has 0 bridgehead atoms. The van der Waals surface area contributed by atoms with Gasteiger partial charge in [0, 0.05) is 13.2 Å². The van der Waals surface area contributed by atoms with E-state index in [1.54, 1.807) is 0 Å². The average Bonchev–Trinajstić information content (AvgIpc) is 3.27. The maximum absolute atomic E-state index is 9.72. The van der Waals surface area contributed by atoms with Gasteiger partial charge in [-0.3, -0.25) is 0 Å². The van der Waals surface area contributed by atoms with E-state index in [9.17, 15) is 20.2 Å². The zero-order chi connectivity index (χ0) is 16.8. The highest BCUT2D eigenvalue weighted by Crippen LogP contribution is 2.07. The summed E-state index contributed by atoms with van der Waals surface area (Å²) in [5.74, 6) is 0. The van der Waals surface area contributed by atoms with Crippen LogP contribution in [0.5, 0.6) is 0 Å². The molecule has 0 amide bonds. The molecule has 2 unspecified atom stereocenters. The lowest BCUT2D eigenvalue weighted by atomic mass is 10.3. The monoisotopic (exact) mass is 344 g/mol. The van der Waals surface area contributed by atoms with Crippen molar-refractivity contribution in [3.63, 3.8) is 0 Å². The minimum Gasteiger partial charge on any atom is -0.396 e. The molecule has 1 fully saturated rings. The summed E-state index contributed by atoms with van der Waals surface area (Å²) in [6.07, 6.45) is 0.316. The highest BCUT2D eigenvalue weighted by atomic mass is 17.0. The average molecular weight is 344 g/mol. The number of unbranched alkanes of at least 4 members (excludes halogenated alkanes) is 1. The Hall–Kier alpha value is -1.76. The van der Waals surface area contributed by atoms with Gasteiger partial charge in [-0.25, -0.2) is 0 Å². The first-order valence-corrected chi connectivity index (χ1v) is 6.48. The minimum atomic E-state index is -0.991. The number of epoxide rings is 1. The topological polar surface area (TPSA) is 167 Å². The van der Waals surface area contributed by atoms with Crippen LogP contribution in [0.25, 0.3) is 0 Å². The van der Waals surface area contributed by atoms with Gasteiger partial charge in [0.15, 0.2) is 0 Å². The van der Waals surface area contributed by atoms with E-state index >= 15 is 0 Å². The molecule has 0 aromatic heterocycles. The van der Waals surface area contributed by atoms with Gasteiger partial charge in [0.05, 0.1) is 13.2 Å². The van der Waals surface area contributed by atoms with Crippen LogP contribution in [0.2, 0.25) is 0 Å². The van der Waals surface area contributed by atoms with E-state index in [4.69, 9.17) is 14.9 Å². The molecule has 0 aromatic carbocycles. The molecule has 1 rings (SSSR count). The summed E-state index contributed by atoms with van der Waals surface area (Å²) in [6.45, 7) is 0.805. The van der Waals surface area contributed by atoms with Crippen LogP contribution in [-0.2, 0) is 19.1 Å². The molecular formula is C11H24N2O10. The van der Waals surface area contributed by atoms with E-state index in [0.717, 1.165) is 0 Å². The normalized spacial score (nSPS) is 16.2. The van der Waals surface area contributed by atoms with Gasteiger partial charge < -0.3 is 29.4 Å². The van der Waals surface area contributed by atoms with Gasteiger partial charge >= 0.3 is 0 Å². The van der Waals surface area contributed by atoms with Crippen molar-refractivity contribution in [2.75, 3.05) is 39.6 Å². The Morgan fingerprint density at radius 1 is 1.17 bits per heavy atom. The quantitative estimate of drug-likeness (QED) is 0.205. The molecule has 23 heavy (non-hydrogen) atoms. The maximum atomic E-state index is 9.72. The zero-order valence-corrected chi connectivity index (χ0v) is 11.9. The zero-order valence-electron chi connectivity index (χ0n) is 11.9. The summed E-state index contributed by atoms with van der Waals surface area (Å²) in [5.41, 5.74) is 0. The lowest BCUT2D eigenvalue weighted by Crippen LogP contribution is -2.23.